The van der Waals surface area contributed by atoms with Crippen molar-refractivity contribution in [2.75, 3.05) is 27.3 Å². The summed E-state index contributed by atoms with van der Waals surface area (Å²) in [6.45, 7) is 1.16. The lowest BCUT2D eigenvalue weighted by Gasteiger charge is -2.17. The highest BCUT2D eigenvalue weighted by Crippen LogP contribution is 2.43. The third kappa shape index (κ3) is 2.27. The second-order valence-corrected chi connectivity index (χ2v) is 4.75. The molecule has 2 rings (SSSR count). The first-order valence-corrected chi connectivity index (χ1v) is 6.33. The second-order valence-electron chi connectivity index (χ2n) is 3.96. The number of benzene rings is 1. The van der Waals surface area contributed by atoms with E-state index in [1.165, 1.54) is 0 Å². The summed E-state index contributed by atoms with van der Waals surface area (Å²) in [7, 11) is 3.42. The van der Waals surface area contributed by atoms with Gasteiger partial charge in [-0.3, -0.25) is 0 Å². The van der Waals surface area contributed by atoms with Crippen molar-refractivity contribution in [3.63, 3.8) is 0 Å². The van der Waals surface area contributed by atoms with Gasteiger partial charge in [0.1, 0.15) is 0 Å². The van der Waals surface area contributed by atoms with Crippen LogP contribution in [0.4, 0.5) is 0 Å². The number of likely N-dealkylation sites (N-methyl/N-ethyl adjacent to an activating group) is 1. The highest BCUT2D eigenvalue weighted by Gasteiger charge is 2.25. The molecule has 1 unspecified atom stereocenters. The van der Waals surface area contributed by atoms with Gasteiger partial charge < -0.3 is 19.9 Å². The average molecular weight is 302 g/mol. The third-order valence-electron chi connectivity index (χ3n) is 2.88. The molecule has 0 aromatic heterocycles. The monoisotopic (exact) mass is 301 g/mol. The van der Waals surface area contributed by atoms with E-state index in [1.807, 2.05) is 13.1 Å². The van der Waals surface area contributed by atoms with Gasteiger partial charge in [0.15, 0.2) is 11.5 Å². The number of fused-ring (bicyclic) bond motifs is 1. The maximum atomic E-state index is 10.1. The molecule has 1 heterocycles. The lowest BCUT2D eigenvalue weighted by Crippen LogP contribution is -2.17. The first kappa shape index (κ1) is 12.7. The molecule has 1 atom stereocenters. The van der Waals surface area contributed by atoms with Crippen molar-refractivity contribution in [1.82, 2.24) is 5.32 Å². The smallest absolute Gasteiger partial charge is 0.165 e. The minimum atomic E-state index is -0.561. The molecule has 94 valence electrons. The van der Waals surface area contributed by atoms with E-state index in [4.69, 9.17) is 9.47 Å². The van der Waals surface area contributed by atoms with Crippen molar-refractivity contribution in [2.45, 2.75) is 12.5 Å². The van der Waals surface area contributed by atoms with Gasteiger partial charge in [-0.2, -0.15) is 0 Å². The normalized spacial score (nSPS) is 15.3. The van der Waals surface area contributed by atoms with Gasteiger partial charge >= 0.3 is 0 Å². The lowest BCUT2D eigenvalue weighted by molar-refractivity contribution is 0.176. The van der Waals surface area contributed by atoms with Crippen LogP contribution in [0.25, 0.3) is 0 Å². The molecule has 1 aliphatic heterocycles. The quantitative estimate of drug-likeness (QED) is 0.888. The summed E-state index contributed by atoms with van der Waals surface area (Å²) >= 11 is 3.54. The van der Waals surface area contributed by atoms with Crippen LogP contribution in [0.5, 0.6) is 11.5 Å². The van der Waals surface area contributed by atoms with Crippen LogP contribution in [0.15, 0.2) is 10.5 Å². The van der Waals surface area contributed by atoms with E-state index < -0.39 is 6.10 Å². The topological polar surface area (TPSA) is 50.7 Å². The fourth-order valence-electron chi connectivity index (χ4n) is 2.03. The van der Waals surface area contributed by atoms with E-state index in [0.717, 1.165) is 27.8 Å². The number of halogens is 1. The third-order valence-corrected chi connectivity index (χ3v) is 3.81. The van der Waals surface area contributed by atoms with Crippen LogP contribution in [0.1, 0.15) is 17.2 Å². The Hall–Kier alpha value is -0.780. The van der Waals surface area contributed by atoms with Crippen molar-refractivity contribution in [2.24, 2.45) is 0 Å². The van der Waals surface area contributed by atoms with Gasteiger partial charge in [0.05, 0.1) is 19.8 Å². The Balaban J connectivity index is 2.46. The molecule has 1 aromatic rings. The van der Waals surface area contributed by atoms with Crippen LogP contribution in [0.2, 0.25) is 0 Å². The van der Waals surface area contributed by atoms with Crippen LogP contribution in [0, 0.1) is 0 Å². The van der Waals surface area contributed by atoms with Gasteiger partial charge in [-0.25, -0.2) is 0 Å². The van der Waals surface area contributed by atoms with Crippen LogP contribution < -0.4 is 14.8 Å². The molecule has 4 nitrogen and oxygen atoms in total. The minimum Gasteiger partial charge on any atom is -0.493 e. The lowest BCUT2D eigenvalue weighted by atomic mass is 10.0. The van der Waals surface area contributed by atoms with Crippen LogP contribution >= 0.6 is 15.9 Å². The Kier molecular flexibility index (Phi) is 3.91. The molecule has 0 bridgehead atoms. The summed E-state index contributed by atoms with van der Waals surface area (Å²) < 4.78 is 11.8. The molecular formula is C12H16BrNO3. The van der Waals surface area contributed by atoms with Crippen LogP contribution in [0.3, 0.4) is 0 Å². The molecular weight excluding hydrogens is 286 g/mol. The Morgan fingerprint density at radius 2 is 2.41 bits per heavy atom. The van der Waals surface area contributed by atoms with Crippen molar-refractivity contribution in [3.8, 4) is 11.5 Å². The molecule has 0 spiro atoms. The highest BCUT2D eigenvalue weighted by molar-refractivity contribution is 9.10. The van der Waals surface area contributed by atoms with E-state index in [1.54, 1.807) is 7.11 Å². The number of aliphatic hydroxyl groups excluding tert-OH is 1. The van der Waals surface area contributed by atoms with Crippen molar-refractivity contribution in [3.05, 3.63) is 21.7 Å². The number of aliphatic hydroxyl groups is 1. The van der Waals surface area contributed by atoms with Crippen molar-refractivity contribution >= 4 is 15.9 Å². The fourth-order valence-corrected chi connectivity index (χ4v) is 2.78. The molecule has 0 saturated heterocycles. The largest absolute Gasteiger partial charge is 0.493 e. The Morgan fingerprint density at radius 3 is 3.06 bits per heavy atom. The van der Waals surface area contributed by atoms with E-state index in [2.05, 4.69) is 21.2 Å². The predicted octanol–water partition coefficient (Wildman–Crippen LogP) is 1.65. The molecule has 2 N–H and O–H groups in total. The van der Waals surface area contributed by atoms with Crippen molar-refractivity contribution < 1.29 is 14.6 Å². The average Bonchev–Trinajstić information content (AvgIpc) is 2.79. The molecule has 0 amide bonds. The summed E-state index contributed by atoms with van der Waals surface area (Å²) in [5.74, 6) is 1.48. The molecule has 0 radical (unpaired) electrons. The number of ether oxygens (including phenoxy) is 2. The van der Waals surface area contributed by atoms with Gasteiger partial charge in [0, 0.05) is 28.6 Å². The van der Waals surface area contributed by atoms with Gasteiger partial charge in [0.2, 0.25) is 0 Å². The van der Waals surface area contributed by atoms with Gasteiger partial charge in [-0.05, 0) is 29.0 Å². The SMILES string of the molecule is CNCC(O)c1cc(OC)c2c(c1Br)CCO2. The van der Waals surface area contributed by atoms with Crippen LogP contribution in [-0.4, -0.2) is 32.4 Å². The van der Waals surface area contributed by atoms with Gasteiger partial charge in [0.25, 0.3) is 0 Å². The van der Waals surface area contributed by atoms with Gasteiger partial charge in [-0.1, -0.05) is 0 Å². The van der Waals surface area contributed by atoms with Crippen molar-refractivity contribution in [1.29, 1.82) is 0 Å². The maximum absolute atomic E-state index is 10.1. The molecule has 17 heavy (non-hydrogen) atoms. The van der Waals surface area contributed by atoms with Gasteiger partial charge in [-0.15, -0.1) is 0 Å². The molecule has 1 aromatic carbocycles. The van der Waals surface area contributed by atoms with E-state index in [0.29, 0.717) is 18.9 Å². The van der Waals surface area contributed by atoms with E-state index in [-0.39, 0.29) is 0 Å². The van der Waals surface area contributed by atoms with E-state index in [9.17, 15) is 5.11 Å². The summed E-state index contributed by atoms with van der Waals surface area (Å²) in [5.41, 5.74) is 1.91. The second kappa shape index (κ2) is 5.25. The zero-order valence-corrected chi connectivity index (χ0v) is 11.5. The summed E-state index contributed by atoms with van der Waals surface area (Å²) in [5, 5.41) is 13.0. The molecule has 0 saturated carbocycles. The zero-order chi connectivity index (χ0) is 12.4. The zero-order valence-electron chi connectivity index (χ0n) is 9.92. The van der Waals surface area contributed by atoms with Crippen LogP contribution in [-0.2, 0) is 6.42 Å². The molecule has 1 aliphatic rings. The standard InChI is InChI=1S/C12H16BrNO3/c1-14-6-9(15)8-5-10(16-2)12-7(11(8)13)3-4-17-12/h5,9,14-15H,3-4,6H2,1-2H3. The first-order chi connectivity index (χ1) is 8.19. The Labute approximate surface area is 109 Å². The predicted molar refractivity (Wildman–Crippen MR) is 68.8 cm³/mol. The minimum absolute atomic E-state index is 0.501. The summed E-state index contributed by atoms with van der Waals surface area (Å²) in [4.78, 5) is 0. The summed E-state index contributed by atoms with van der Waals surface area (Å²) in [6.07, 6.45) is 0.279. The Bertz CT molecular complexity index is 423. The molecule has 5 heteroatoms. The number of hydrogen-bond acceptors (Lipinski definition) is 4. The number of nitrogens with one attached hydrogen (secondary N) is 1. The first-order valence-electron chi connectivity index (χ1n) is 5.53. The number of rotatable bonds is 4. The number of hydrogen-bond donors (Lipinski definition) is 2. The number of methoxy groups -OCH3 is 1. The fraction of sp³-hybridized carbons (Fsp3) is 0.500. The maximum Gasteiger partial charge on any atom is 0.165 e. The molecule has 0 aliphatic carbocycles. The Morgan fingerprint density at radius 1 is 1.65 bits per heavy atom. The highest BCUT2D eigenvalue weighted by atomic mass is 79.9. The van der Waals surface area contributed by atoms with E-state index >= 15 is 0 Å². The molecule has 0 fully saturated rings. The summed E-state index contributed by atoms with van der Waals surface area (Å²) in [6, 6.07) is 1.83.